The van der Waals surface area contributed by atoms with Crippen molar-refractivity contribution in [2.24, 2.45) is 0 Å². The molecule has 0 bridgehead atoms. The van der Waals surface area contributed by atoms with Crippen molar-refractivity contribution in [2.45, 2.75) is 18.7 Å². The molecular formula is C10H11ClF2N2O2. The smallest absolute Gasteiger partial charge is 0.309 e. The number of rotatable bonds is 4. The number of anilines is 1. The number of nitrogens with zero attached hydrogens (tertiary/aromatic N) is 1. The minimum absolute atomic E-state index is 0.00528. The Bertz CT molecular complexity index is 427. The van der Waals surface area contributed by atoms with E-state index in [9.17, 15) is 13.6 Å². The summed E-state index contributed by atoms with van der Waals surface area (Å²) in [5, 5.41) is 0. The number of hydrogen-bond acceptors (Lipinski definition) is 4. The number of pyridine rings is 1. The van der Waals surface area contributed by atoms with Crippen LogP contribution in [0.1, 0.15) is 23.2 Å². The third kappa shape index (κ3) is 3.26. The summed E-state index contributed by atoms with van der Waals surface area (Å²) in [5.41, 5.74) is 5.72. The Morgan fingerprint density at radius 1 is 1.65 bits per heavy atom. The second kappa shape index (κ2) is 5.77. The quantitative estimate of drug-likeness (QED) is 0.668. The van der Waals surface area contributed by atoms with Gasteiger partial charge in [-0.25, -0.2) is 13.8 Å². The van der Waals surface area contributed by atoms with E-state index in [2.05, 4.69) is 9.72 Å². The maximum Gasteiger partial charge on any atom is 0.309 e. The lowest BCUT2D eigenvalue weighted by molar-refractivity contribution is -0.139. The summed E-state index contributed by atoms with van der Waals surface area (Å²) in [5.74, 6) is -0.645. The molecule has 0 spiro atoms. The van der Waals surface area contributed by atoms with Crippen LogP contribution in [-0.2, 0) is 21.8 Å². The van der Waals surface area contributed by atoms with Crippen LogP contribution in [0.2, 0.25) is 0 Å². The van der Waals surface area contributed by atoms with Crippen molar-refractivity contribution in [2.75, 3.05) is 12.8 Å². The van der Waals surface area contributed by atoms with Gasteiger partial charge >= 0.3 is 5.97 Å². The standard InChI is InChI=1S/C10H11ClF2N2O2/c1-17-8(16)3-5-2-7(9(12)13)15-10(14)6(5)4-11/h2,9H,3-4H2,1H3,(H2,14,15). The van der Waals surface area contributed by atoms with Crippen LogP contribution in [0, 0.1) is 0 Å². The largest absolute Gasteiger partial charge is 0.469 e. The van der Waals surface area contributed by atoms with Gasteiger partial charge in [0.15, 0.2) is 0 Å². The maximum absolute atomic E-state index is 12.5. The summed E-state index contributed by atoms with van der Waals surface area (Å²) in [4.78, 5) is 14.7. The van der Waals surface area contributed by atoms with Gasteiger partial charge in [-0.3, -0.25) is 4.79 Å². The van der Waals surface area contributed by atoms with E-state index >= 15 is 0 Å². The minimum Gasteiger partial charge on any atom is -0.469 e. The molecule has 0 saturated heterocycles. The number of alkyl halides is 3. The van der Waals surface area contributed by atoms with E-state index in [1.807, 2.05) is 0 Å². The molecular weight excluding hydrogens is 254 g/mol. The third-order valence-electron chi connectivity index (χ3n) is 2.19. The molecule has 0 saturated carbocycles. The molecule has 4 nitrogen and oxygen atoms in total. The number of hydrogen-bond donors (Lipinski definition) is 1. The van der Waals surface area contributed by atoms with Crippen LogP contribution in [-0.4, -0.2) is 18.1 Å². The number of carbonyl (C=O) groups excluding carboxylic acids is 1. The molecule has 0 aliphatic rings. The van der Waals surface area contributed by atoms with Gasteiger partial charge in [-0.1, -0.05) is 0 Å². The highest BCUT2D eigenvalue weighted by atomic mass is 35.5. The molecule has 0 fully saturated rings. The Kier molecular flexibility index (Phi) is 4.62. The average molecular weight is 265 g/mol. The first-order chi connectivity index (χ1) is 7.99. The van der Waals surface area contributed by atoms with Gasteiger partial charge in [0.25, 0.3) is 6.43 Å². The number of methoxy groups -OCH3 is 1. The molecule has 0 aromatic carbocycles. The molecule has 0 unspecified atom stereocenters. The lowest BCUT2D eigenvalue weighted by atomic mass is 10.1. The molecule has 1 aromatic rings. The van der Waals surface area contributed by atoms with E-state index in [4.69, 9.17) is 17.3 Å². The van der Waals surface area contributed by atoms with Crippen LogP contribution >= 0.6 is 11.6 Å². The summed E-state index contributed by atoms with van der Waals surface area (Å²) >= 11 is 5.64. The Morgan fingerprint density at radius 3 is 2.76 bits per heavy atom. The molecule has 1 heterocycles. The average Bonchev–Trinajstić information content (AvgIpc) is 2.28. The van der Waals surface area contributed by atoms with Gasteiger partial charge in [-0.05, 0) is 11.6 Å². The Balaban J connectivity index is 3.19. The van der Waals surface area contributed by atoms with Crippen molar-refractivity contribution in [3.63, 3.8) is 0 Å². The summed E-state index contributed by atoms with van der Waals surface area (Å²) in [6.07, 6.45) is -2.91. The second-order valence-corrected chi connectivity index (χ2v) is 3.52. The van der Waals surface area contributed by atoms with E-state index in [-0.39, 0.29) is 18.1 Å². The van der Waals surface area contributed by atoms with Crippen LogP contribution in [0.4, 0.5) is 14.6 Å². The number of esters is 1. The molecule has 0 amide bonds. The SMILES string of the molecule is COC(=O)Cc1cc(C(F)F)nc(N)c1CCl. The van der Waals surface area contributed by atoms with Gasteiger partial charge in [-0.2, -0.15) is 0 Å². The first kappa shape index (κ1) is 13.6. The zero-order chi connectivity index (χ0) is 13.0. The summed E-state index contributed by atoms with van der Waals surface area (Å²) in [7, 11) is 1.21. The van der Waals surface area contributed by atoms with Crippen molar-refractivity contribution >= 4 is 23.4 Å². The molecule has 0 atom stereocenters. The van der Waals surface area contributed by atoms with Gasteiger partial charge in [0.2, 0.25) is 0 Å². The molecule has 0 aliphatic carbocycles. The van der Waals surface area contributed by atoms with Crippen molar-refractivity contribution < 1.29 is 18.3 Å². The number of halogens is 3. The molecule has 0 radical (unpaired) electrons. The van der Waals surface area contributed by atoms with Crippen molar-refractivity contribution in [1.29, 1.82) is 0 Å². The lowest BCUT2D eigenvalue weighted by Crippen LogP contribution is -2.10. The normalized spacial score (nSPS) is 10.6. The zero-order valence-electron chi connectivity index (χ0n) is 9.04. The zero-order valence-corrected chi connectivity index (χ0v) is 9.80. The van der Waals surface area contributed by atoms with Crippen molar-refractivity contribution in [1.82, 2.24) is 4.98 Å². The number of nitrogen functional groups attached to an aromatic ring is 1. The summed E-state index contributed by atoms with van der Waals surface area (Å²) in [6, 6.07) is 1.12. The molecule has 1 aromatic heterocycles. The van der Waals surface area contributed by atoms with E-state index in [1.54, 1.807) is 0 Å². The highest BCUT2D eigenvalue weighted by Crippen LogP contribution is 2.25. The molecule has 1 rings (SSSR count). The monoisotopic (exact) mass is 264 g/mol. The lowest BCUT2D eigenvalue weighted by Gasteiger charge is -2.11. The molecule has 17 heavy (non-hydrogen) atoms. The Hall–Kier alpha value is -1.43. The first-order valence-corrected chi connectivity index (χ1v) is 5.22. The minimum atomic E-state index is -2.75. The number of nitrogens with two attached hydrogens (primary N) is 1. The highest BCUT2D eigenvalue weighted by molar-refractivity contribution is 6.17. The van der Waals surface area contributed by atoms with Gasteiger partial charge < -0.3 is 10.5 Å². The summed E-state index contributed by atoms with van der Waals surface area (Å²) < 4.78 is 29.5. The van der Waals surface area contributed by atoms with E-state index in [0.29, 0.717) is 11.1 Å². The van der Waals surface area contributed by atoms with Crippen molar-refractivity contribution in [3.8, 4) is 0 Å². The van der Waals surface area contributed by atoms with Crippen LogP contribution in [0.15, 0.2) is 6.07 Å². The fraction of sp³-hybridized carbons (Fsp3) is 0.400. The molecule has 0 aliphatic heterocycles. The maximum atomic E-state index is 12.5. The van der Waals surface area contributed by atoms with Crippen LogP contribution < -0.4 is 5.73 Å². The summed E-state index contributed by atoms with van der Waals surface area (Å²) in [6.45, 7) is 0. The van der Waals surface area contributed by atoms with Crippen LogP contribution in [0.25, 0.3) is 0 Å². The van der Waals surface area contributed by atoms with Gasteiger partial charge in [-0.15, -0.1) is 11.6 Å². The molecule has 94 valence electrons. The Labute approximate surface area is 102 Å². The number of ether oxygens (including phenoxy) is 1. The third-order valence-corrected chi connectivity index (χ3v) is 2.46. The second-order valence-electron chi connectivity index (χ2n) is 3.26. The van der Waals surface area contributed by atoms with Gasteiger partial charge in [0.05, 0.1) is 19.4 Å². The fourth-order valence-corrected chi connectivity index (χ4v) is 1.63. The van der Waals surface area contributed by atoms with Crippen LogP contribution in [0.5, 0.6) is 0 Å². The predicted octanol–water partition coefficient (Wildman–Crippen LogP) is 2.06. The number of carbonyl (C=O) groups is 1. The Morgan fingerprint density at radius 2 is 2.29 bits per heavy atom. The molecule has 2 N–H and O–H groups in total. The van der Waals surface area contributed by atoms with Gasteiger partial charge in [0.1, 0.15) is 11.5 Å². The van der Waals surface area contributed by atoms with Crippen molar-refractivity contribution in [3.05, 3.63) is 22.9 Å². The predicted molar refractivity (Wildman–Crippen MR) is 58.9 cm³/mol. The first-order valence-electron chi connectivity index (χ1n) is 4.68. The highest BCUT2D eigenvalue weighted by Gasteiger charge is 2.17. The number of aromatic nitrogens is 1. The van der Waals surface area contributed by atoms with E-state index < -0.39 is 18.1 Å². The van der Waals surface area contributed by atoms with E-state index in [1.165, 1.54) is 7.11 Å². The van der Waals surface area contributed by atoms with Gasteiger partial charge in [0, 0.05) is 5.56 Å². The molecule has 7 heteroatoms. The topological polar surface area (TPSA) is 65.2 Å². The van der Waals surface area contributed by atoms with Crippen LogP contribution in [0.3, 0.4) is 0 Å². The van der Waals surface area contributed by atoms with E-state index in [0.717, 1.165) is 6.07 Å². The fourth-order valence-electron chi connectivity index (χ4n) is 1.32.